The van der Waals surface area contributed by atoms with Gasteiger partial charge in [0.05, 0.1) is 7.11 Å². The maximum absolute atomic E-state index is 13.1. The van der Waals surface area contributed by atoms with Gasteiger partial charge < -0.3 is 9.47 Å². The van der Waals surface area contributed by atoms with E-state index >= 15 is 0 Å². The van der Waals surface area contributed by atoms with Crippen LogP contribution in [0.3, 0.4) is 0 Å². The first-order valence-electron chi connectivity index (χ1n) is 8.18. The van der Waals surface area contributed by atoms with E-state index in [1.54, 1.807) is 30.3 Å². The number of benzene rings is 1. The van der Waals surface area contributed by atoms with Crippen LogP contribution in [0.25, 0.3) is 0 Å². The van der Waals surface area contributed by atoms with Gasteiger partial charge in [0.2, 0.25) is 0 Å². The quantitative estimate of drug-likeness (QED) is 0.535. The molecule has 1 heterocycles. The van der Waals surface area contributed by atoms with E-state index < -0.39 is 51.0 Å². The smallest absolute Gasteiger partial charge is 0.467 e. The third kappa shape index (κ3) is 3.58. The predicted molar refractivity (Wildman–Crippen MR) is 88.5 cm³/mol. The van der Waals surface area contributed by atoms with Gasteiger partial charge in [-0.05, 0) is 12.0 Å². The number of halogens is 3. The first-order valence-corrected chi connectivity index (χ1v) is 9.62. The zero-order valence-electron chi connectivity index (χ0n) is 14.5. The fourth-order valence-corrected chi connectivity index (χ4v) is 4.48. The van der Waals surface area contributed by atoms with Gasteiger partial charge in [-0.2, -0.15) is 21.6 Å². The maximum Gasteiger partial charge on any atom is 0.516 e. The van der Waals surface area contributed by atoms with E-state index in [4.69, 9.17) is 4.74 Å². The summed E-state index contributed by atoms with van der Waals surface area (Å²) in [6.45, 7) is -0.135. The number of allylic oxidation sites excluding steroid dienone is 1. The second-order valence-electron chi connectivity index (χ2n) is 6.38. The summed E-state index contributed by atoms with van der Waals surface area (Å²) in [6.07, 6.45) is 0.987. The standard InChI is InChI=1S/C17H16F3NO6S/c1-26-16(23)15-12-7-11(12)13(21(15)28(24,25)17(18,19)20)8-14(22)27-9-10-5-3-2-4-6-10/h2-6,8,11-12,15H,7,9H2,1H3/b13-8+/t11-,12+,15+/m1/s1. The fraction of sp³-hybridized carbons (Fsp3) is 0.412. The van der Waals surface area contributed by atoms with E-state index in [-0.39, 0.29) is 17.3 Å². The Morgan fingerprint density at radius 1 is 1.25 bits per heavy atom. The zero-order valence-corrected chi connectivity index (χ0v) is 15.4. The normalized spacial score (nSPS) is 25.4. The number of rotatable bonds is 5. The van der Waals surface area contributed by atoms with E-state index in [1.807, 2.05) is 0 Å². The summed E-state index contributed by atoms with van der Waals surface area (Å²) in [5.74, 6) is -3.44. The Morgan fingerprint density at radius 3 is 2.46 bits per heavy atom. The lowest BCUT2D eigenvalue weighted by Gasteiger charge is -2.28. The zero-order chi connectivity index (χ0) is 20.7. The highest BCUT2D eigenvalue weighted by Crippen LogP contribution is 2.58. The fourth-order valence-electron chi connectivity index (χ4n) is 3.25. The Balaban J connectivity index is 1.88. The molecule has 0 aromatic heterocycles. The van der Waals surface area contributed by atoms with Crippen molar-refractivity contribution in [2.75, 3.05) is 7.11 Å². The summed E-state index contributed by atoms with van der Waals surface area (Å²) in [5, 5.41) is 0. The second kappa shape index (κ2) is 7.12. The second-order valence-corrected chi connectivity index (χ2v) is 8.19. The highest BCUT2D eigenvalue weighted by atomic mass is 32.2. The van der Waals surface area contributed by atoms with Gasteiger partial charge in [0.1, 0.15) is 12.6 Å². The van der Waals surface area contributed by atoms with Crippen LogP contribution in [0.2, 0.25) is 0 Å². The van der Waals surface area contributed by atoms with Gasteiger partial charge in [-0.3, -0.25) is 4.31 Å². The number of carbonyl (C=O) groups excluding carboxylic acids is 2. The number of hydrogen-bond acceptors (Lipinski definition) is 6. The van der Waals surface area contributed by atoms with Crippen molar-refractivity contribution in [2.24, 2.45) is 11.8 Å². The van der Waals surface area contributed by atoms with Crippen molar-refractivity contribution in [2.45, 2.75) is 24.6 Å². The van der Waals surface area contributed by atoms with E-state index in [9.17, 15) is 31.2 Å². The Hall–Kier alpha value is -2.56. The van der Waals surface area contributed by atoms with Crippen molar-refractivity contribution < 1.29 is 40.7 Å². The summed E-state index contributed by atoms with van der Waals surface area (Å²) >= 11 is 0. The largest absolute Gasteiger partial charge is 0.516 e. The molecule has 3 atom stereocenters. The van der Waals surface area contributed by atoms with Crippen molar-refractivity contribution in [1.82, 2.24) is 4.31 Å². The lowest BCUT2D eigenvalue weighted by Crippen LogP contribution is -2.48. The van der Waals surface area contributed by atoms with E-state index in [0.717, 1.165) is 7.11 Å². The van der Waals surface area contributed by atoms with E-state index in [1.165, 1.54) is 0 Å². The van der Waals surface area contributed by atoms with Gasteiger partial charge in [0.15, 0.2) is 0 Å². The monoisotopic (exact) mass is 419 g/mol. The van der Waals surface area contributed by atoms with Gasteiger partial charge in [-0.15, -0.1) is 0 Å². The SMILES string of the molecule is COC(=O)[C@@H]1[C@H]2C[C@H]2/C(=C\C(=O)OCc2ccccc2)N1S(=O)(=O)C(F)(F)F. The predicted octanol–water partition coefficient (Wildman–Crippen LogP) is 1.96. The van der Waals surface area contributed by atoms with Crippen LogP contribution in [0.4, 0.5) is 13.2 Å². The molecule has 1 aliphatic carbocycles. The van der Waals surface area contributed by atoms with E-state index in [2.05, 4.69) is 4.74 Å². The van der Waals surface area contributed by atoms with Crippen molar-refractivity contribution in [3.63, 3.8) is 0 Å². The summed E-state index contributed by atoms with van der Waals surface area (Å²) in [7, 11) is -4.94. The molecule has 1 aromatic rings. The summed E-state index contributed by atoms with van der Waals surface area (Å²) in [6, 6.07) is 6.89. The minimum absolute atomic E-state index is 0.0402. The number of methoxy groups -OCH3 is 1. The van der Waals surface area contributed by atoms with Gasteiger partial charge in [-0.1, -0.05) is 30.3 Å². The Morgan fingerprint density at radius 2 is 1.89 bits per heavy atom. The van der Waals surface area contributed by atoms with Crippen LogP contribution in [-0.4, -0.2) is 43.3 Å². The van der Waals surface area contributed by atoms with Gasteiger partial charge in [0, 0.05) is 23.6 Å². The molecule has 1 saturated carbocycles. The van der Waals surface area contributed by atoms with Crippen molar-refractivity contribution in [1.29, 1.82) is 0 Å². The van der Waals surface area contributed by atoms with Crippen LogP contribution in [0.5, 0.6) is 0 Å². The first kappa shape index (κ1) is 20.2. The Labute approximate surface area is 158 Å². The molecule has 0 unspecified atom stereocenters. The number of piperidine rings is 1. The molecule has 0 bridgehead atoms. The van der Waals surface area contributed by atoms with Crippen LogP contribution in [-0.2, 0) is 35.7 Å². The summed E-state index contributed by atoms with van der Waals surface area (Å²) in [5.41, 5.74) is -5.39. The molecule has 0 N–H and O–H groups in total. The minimum atomic E-state index is -5.89. The summed E-state index contributed by atoms with van der Waals surface area (Å²) in [4.78, 5) is 24.0. The number of ether oxygens (including phenoxy) is 2. The molecule has 152 valence electrons. The highest BCUT2D eigenvalue weighted by Gasteiger charge is 2.66. The number of sulfonamides is 1. The van der Waals surface area contributed by atoms with Crippen LogP contribution in [0.1, 0.15) is 12.0 Å². The number of hydrogen-bond donors (Lipinski definition) is 0. The topological polar surface area (TPSA) is 90.0 Å². The van der Waals surface area contributed by atoms with Crippen LogP contribution in [0, 0.1) is 11.8 Å². The lowest BCUT2D eigenvalue weighted by atomic mass is 10.2. The van der Waals surface area contributed by atoms with Gasteiger partial charge >= 0.3 is 27.5 Å². The number of alkyl halides is 3. The lowest BCUT2D eigenvalue weighted by molar-refractivity contribution is -0.145. The maximum atomic E-state index is 13.1. The molecule has 1 aliphatic heterocycles. The third-order valence-corrected chi connectivity index (χ3v) is 6.16. The van der Waals surface area contributed by atoms with Crippen LogP contribution in [0.15, 0.2) is 42.1 Å². The molecule has 2 fully saturated rings. The Kier molecular flexibility index (Phi) is 5.13. The average molecular weight is 419 g/mol. The first-order chi connectivity index (χ1) is 13.1. The third-order valence-electron chi connectivity index (χ3n) is 4.62. The Bertz CT molecular complexity index is 913. The van der Waals surface area contributed by atoms with Crippen LogP contribution < -0.4 is 0 Å². The molecule has 0 amide bonds. The van der Waals surface area contributed by atoms with Crippen molar-refractivity contribution in [3.05, 3.63) is 47.7 Å². The van der Waals surface area contributed by atoms with E-state index in [0.29, 0.717) is 11.6 Å². The molecule has 1 aromatic carbocycles. The number of carbonyl (C=O) groups is 2. The molecule has 3 rings (SSSR count). The molecule has 0 radical (unpaired) electrons. The molecule has 1 saturated heterocycles. The molecule has 7 nitrogen and oxygen atoms in total. The minimum Gasteiger partial charge on any atom is -0.467 e. The molecular formula is C17H16F3NO6S. The highest BCUT2D eigenvalue weighted by molar-refractivity contribution is 7.90. The van der Waals surface area contributed by atoms with Crippen LogP contribution >= 0.6 is 0 Å². The van der Waals surface area contributed by atoms with Crippen molar-refractivity contribution in [3.8, 4) is 0 Å². The van der Waals surface area contributed by atoms with Gasteiger partial charge in [0.25, 0.3) is 0 Å². The molecular weight excluding hydrogens is 403 g/mol. The molecule has 11 heteroatoms. The summed E-state index contributed by atoms with van der Waals surface area (Å²) < 4.78 is 72.8. The molecule has 28 heavy (non-hydrogen) atoms. The molecule has 2 aliphatic rings. The average Bonchev–Trinajstić information content (AvgIpc) is 3.36. The number of esters is 2. The van der Waals surface area contributed by atoms with Crippen molar-refractivity contribution >= 4 is 22.0 Å². The number of fused-ring (bicyclic) bond motifs is 1. The van der Waals surface area contributed by atoms with Gasteiger partial charge in [-0.25, -0.2) is 9.59 Å². The number of nitrogens with zero attached hydrogens (tertiary/aromatic N) is 1. The molecule has 0 spiro atoms.